The third kappa shape index (κ3) is 5.04. The summed E-state index contributed by atoms with van der Waals surface area (Å²) in [4.78, 5) is 11.7. The molecule has 0 aliphatic carbocycles. The Morgan fingerprint density at radius 3 is 2.55 bits per heavy atom. The number of hydrogen-bond donors (Lipinski definition) is 4. The predicted octanol–water partition coefficient (Wildman–Crippen LogP) is 3.06. The molecular formula is C22H20N4O6S. The summed E-state index contributed by atoms with van der Waals surface area (Å²) in [6.07, 6.45) is 0.998. The number of aromatic nitrogens is 3. The van der Waals surface area contributed by atoms with E-state index in [-0.39, 0.29) is 23.8 Å². The van der Waals surface area contributed by atoms with E-state index in [1.165, 1.54) is 30.0 Å². The van der Waals surface area contributed by atoms with Gasteiger partial charge in [0.15, 0.2) is 11.6 Å². The maximum Gasteiger partial charge on any atom is 0.226 e. The minimum atomic E-state index is -0.529. The molecule has 2 aromatic carbocycles. The topological polar surface area (TPSA) is 143 Å². The van der Waals surface area contributed by atoms with Crippen molar-refractivity contribution in [3.63, 3.8) is 0 Å². The highest BCUT2D eigenvalue weighted by Gasteiger charge is 2.16. The second-order valence-corrected chi connectivity index (χ2v) is 7.85. The summed E-state index contributed by atoms with van der Waals surface area (Å²) in [6.45, 7) is 0.217. The third-order valence-electron chi connectivity index (χ3n) is 4.69. The van der Waals surface area contributed by atoms with Gasteiger partial charge in [-0.15, -0.1) is 10.2 Å². The van der Waals surface area contributed by atoms with Gasteiger partial charge in [-0.3, -0.25) is 4.79 Å². The number of aromatic hydroxyl groups is 3. The molecule has 4 rings (SSSR count). The SMILES string of the molecule is COc1ccc(-c2nnc(SCc3cc(=O)c(O)co3)n2NCc2ccc(O)cc2O)cc1. The van der Waals surface area contributed by atoms with Crippen molar-refractivity contribution in [1.29, 1.82) is 0 Å². The predicted molar refractivity (Wildman–Crippen MR) is 121 cm³/mol. The Hall–Kier alpha value is -4.12. The number of benzene rings is 2. The summed E-state index contributed by atoms with van der Waals surface area (Å²) in [5.41, 5.74) is 3.99. The fourth-order valence-corrected chi connectivity index (χ4v) is 3.76. The molecule has 0 saturated heterocycles. The molecule has 0 spiro atoms. The van der Waals surface area contributed by atoms with E-state index in [9.17, 15) is 20.1 Å². The quantitative estimate of drug-likeness (QED) is 0.285. The van der Waals surface area contributed by atoms with Crippen LogP contribution in [0.15, 0.2) is 69.2 Å². The van der Waals surface area contributed by atoms with Gasteiger partial charge >= 0.3 is 0 Å². The monoisotopic (exact) mass is 468 g/mol. The summed E-state index contributed by atoms with van der Waals surface area (Å²) in [5, 5.41) is 38.0. The average Bonchev–Trinajstić information content (AvgIpc) is 3.22. The molecule has 2 heterocycles. The molecule has 0 saturated carbocycles. The van der Waals surface area contributed by atoms with Gasteiger partial charge in [-0.05, 0) is 36.4 Å². The van der Waals surface area contributed by atoms with Crippen LogP contribution in [0.2, 0.25) is 0 Å². The van der Waals surface area contributed by atoms with E-state index in [2.05, 4.69) is 15.6 Å². The number of rotatable bonds is 8. The van der Waals surface area contributed by atoms with Crippen LogP contribution >= 0.6 is 11.8 Å². The minimum Gasteiger partial charge on any atom is -0.508 e. The zero-order valence-electron chi connectivity index (χ0n) is 17.4. The van der Waals surface area contributed by atoms with Gasteiger partial charge < -0.3 is 29.9 Å². The van der Waals surface area contributed by atoms with Crippen LogP contribution in [0.5, 0.6) is 23.0 Å². The molecule has 0 atom stereocenters. The minimum absolute atomic E-state index is 0.0360. The number of nitrogens with one attached hydrogen (secondary N) is 1. The largest absolute Gasteiger partial charge is 0.508 e. The molecule has 0 radical (unpaired) electrons. The lowest BCUT2D eigenvalue weighted by atomic mass is 10.2. The second kappa shape index (κ2) is 9.57. The van der Waals surface area contributed by atoms with Gasteiger partial charge in [-0.25, -0.2) is 4.68 Å². The Bertz CT molecular complexity index is 1320. The first-order valence-corrected chi connectivity index (χ1v) is 10.7. The molecular weight excluding hydrogens is 448 g/mol. The van der Waals surface area contributed by atoms with Crippen LogP contribution in [0.25, 0.3) is 11.4 Å². The number of nitrogens with zero attached hydrogens (tertiary/aromatic N) is 3. The van der Waals surface area contributed by atoms with Crippen LogP contribution in [0.4, 0.5) is 0 Å². The van der Waals surface area contributed by atoms with E-state index in [1.807, 2.05) is 12.1 Å². The van der Waals surface area contributed by atoms with E-state index in [0.717, 1.165) is 11.8 Å². The van der Waals surface area contributed by atoms with Crippen molar-refractivity contribution in [2.45, 2.75) is 17.5 Å². The highest BCUT2D eigenvalue weighted by atomic mass is 32.2. The van der Waals surface area contributed by atoms with Crippen molar-refractivity contribution < 1.29 is 24.5 Å². The van der Waals surface area contributed by atoms with E-state index < -0.39 is 11.2 Å². The molecule has 0 fully saturated rings. The van der Waals surface area contributed by atoms with Crippen LogP contribution in [-0.2, 0) is 12.3 Å². The summed E-state index contributed by atoms with van der Waals surface area (Å²) < 4.78 is 12.1. The molecule has 0 aliphatic heterocycles. The number of phenols is 2. The average molecular weight is 468 g/mol. The van der Waals surface area contributed by atoms with Crippen LogP contribution in [-0.4, -0.2) is 37.3 Å². The standard InChI is InChI=1S/C22H20N4O6S/c1-31-16-6-3-13(4-7-16)21-24-25-22(33-12-17-9-19(29)20(30)11-32-17)26(21)23-10-14-2-5-15(27)8-18(14)28/h2-9,11,23,27-28,30H,10,12H2,1H3. The van der Waals surface area contributed by atoms with Gasteiger partial charge in [0.05, 0.1) is 19.4 Å². The van der Waals surface area contributed by atoms with Crippen molar-refractivity contribution in [2.24, 2.45) is 0 Å². The molecule has 170 valence electrons. The van der Waals surface area contributed by atoms with E-state index in [4.69, 9.17) is 9.15 Å². The van der Waals surface area contributed by atoms with E-state index >= 15 is 0 Å². The normalized spacial score (nSPS) is 10.8. The first kappa shape index (κ1) is 22.1. The number of methoxy groups -OCH3 is 1. The number of thioether (sulfide) groups is 1. The lowest BCUT2D eigenvalue weighted by molar-refractivity contribution is 0.415. The van der Waals surface area contributed by atoms with Crippen LogP contribution in [0, 0.1) is 0 Å². The van der Waals surface area contributed by atoms with Gasteiger partial charge in [0.1, 0.15) is 29.3 Å². The molecule has 4 aromatic rings. The van der Waals surface area contributed by atoms with Crippen molar-refractivity contribution in [3.05, 3.63) is 76.3 Å². The molecule has 0 unspecified atom stereocenters. The zero-order chi connectivity index (χ0) is 23.4. The summed E-state index contributed by atoms with van der Waals surface area (Å²) in [6, 6.07) is 12.9. The Morgan fingerprint density at radius 2 is 1.85 bits per heavy atom. The third-order valence-corrected chi connectivity index (χ3v) is 5.64. The fraction of sp³-hybridized carbons (Fsp3) is 0.136. The van der Waals surface area contributed by atoms with E-state index in [1.54, 1.807) is 30.0 Å². The van der Waals surface area contributed by atoms with Crippen LogP contribution in [0.3, 0.4) is 0 Å². The summed E-state index contributed by atoms with van der Waals surface area (Å²) in [5.74, 6) is 1.30. The first-order chi connectivity index (χ1) is 15.9. The molecule has 0 amide bonds. The Morgan fingerprint density at radius 1 is 1.06 bits per heavy atom. The van der Waals surface area contributed by atoms with Gasteiger partial charge in [-0.2, -0.15) is 0 Å². The smallest absolute Gasteiger partial charge is 0.226 e. The molecule has 0 bridgehead atoms. The maximum absolute atomic E-state index is 11.7. The van der Waals surface area contributed by atoms with Crippen molar-refractivity contribution >= 4 is 11.8 Å². The zero-order valence-corrected chi connectivity index (χ0v) is 18.2. The molecule has 4 N–H and O–H groups in total. The van der Waals surface area contributed by atoms with Crippen LogP contribution < -0.4 is 15.6 Å². The molecule has 33 heavy (non-hydrogen) atoms. The lowest BCUT2D eigenvalue weighted by Gasteiger charge is -2.14. The van der Waals surface area contributed by atoms with Gasteiger partial charge in [0.25, 0.3) is 0 Å². The number of phenolic OH excluding ortho intramolecular Hbond substituents is 2. The van der Waals surface area contributed by atoms with Gasteiger partial charge in [0, 0.05) is 23.3 Å². The highest BCUT2D eigenvalue weighted by Crippen LogP contribution is 2.28. The molecule has 11 heteroatoms. The Kier molecular flexibility index (Phi) is 6.41. The lowest BCUT2D eigenvalue weighted by Crippen LogP contribution is -2.17. The summed E-state index contributed by atoms with van der Waals surface area (Å²) in [7, 11) is 1.58. The highest BCUT2D eigenvalue weighted by molar-refractivity contribution is 7.98. The summed E-state index contributed by atoms with van der Waals surface area (Å²) >= 11 is 1.27. The van der Waals surface area contributed by atoms with Crippen molar-refractivity contribution in [1.82, 2.24) is 14.9 Å². The molecule has 10 nitrogen and oxygen atoms in total. The van der Waals surface area contributed by atoms with Crippen LogP contribution in [0.1, 0.15) is 11.3 Å². The fourth-order valence-electron chi connectivity index (χ4n) is 2.95. The van der Waals surface area contributed by atoms with Gasteiger partial charge in [-0.1, -0.05) is 11.8 Å². The first-order valence-electron chi connectivity index (χ1n) is 9.72. The van der Waals surface area contributed by atoms with Crippen molar-refractivity contribution in [2.75, 3.05) is 12.5 Å². The number of hydrogen-bond acceptors (Lipinski definition) is 10. The molecule has 0 aliphatic rings. The maximum atomic E-state index is 11.7. The Balaban J connectivity index is 1.62. The van der Waals surface area contributed by atoms with Crippen molar-refractivity contribution in [3.8, 4) is 34.4 Å². The molecule has 2 aromatic heterocycles. The Labute approximate surface area is 192 Å². The van der Waals surface area contributed by atoms with Gasteiger partial charge in [0.2, 0.25) is 10.6 Å². The second-order valence-electron chi connectivity index (χ2n) is 6.90. The van der Waals surface area contributed by atoms with E-state index in [0.29, 0.717) is 28.1 Å². The number of ether oxygens (including phenoxy) is 1.